The molecule has 2 aromatic carbocycles. The van der Waals surface area contributed by atoms with Gasteiger partial charge in [-0.1, -0.05) is 35.5 Å². The van der Waals surface area contributed by atoms with Gasteiger partial charge in [0.05, 0.1) is 0 Å². The quantitative estimate of drug-likeness (QED) is 0.517. The van der Waals surface area contributed by atoms with Gasteiger partial charge in [-0.2, -0.15) is 0 Å². The zero-order chi connectivity index (χ0) is 8.67. The van der Waals surface area contributed by atoms with Crippen molar-refractivity contribution in [3.05, 3.63) is 42.7 Å². The van der Waals surface area contributed by atoms with E-state index < -0.39 is 0 Å². The van der Waals surface area contributed by atoms with E-state index in [9.17, 15) is 0 Å². The Morgan fingerprint density at radius 1 is 0.923 bits per heavy atom. The number of hydrogen-bond acceptors (Lipinski definition) is 2. The van der Waals surface area contributed by atoms with Crippen molar-refractivity contribution in [2.45, 2.75) is 0 Å². The Balaban J connectivity index is 2.65. The summed E-state index contributed by atoms with van der Waals surface area (Å²) in [5, 5.41) is 7.37. The number of hydrogen-bond donors (Lipinski definition) is 0. The maximum Gasteiger partial charge on any atom is 0.131 e. The lowest BCUT2D eigenvalue weighted by Crippen LogP contribution is -1.73. The molecule has 13 heavy (non-hydrogen) atoms. The molecular weight excluding hydrogens is 162 g/mol. The van der Waals surface area contributed by atoms with Crippen LogP contribution in [0.4, 0.5) is 0 Å². The lowest BCUT2D eigenvalue weighted by Gasteiger charge is -1.95. The van der Waals surface area contributed by atoms with Crippen LogP contribution in [0.2, 0.25) is 0 Å². The van der Waals surface area contributed by atoms with Gasteiger partial charge in [0.2, 0.25) is 0 Å². The molecule has 0 N–H and O–H groups in total. The normalized spacial score (nSPS) is 11.1. The highest BCUT2D eigenvalue weighted by atomic mass is 16.5. The van der Waals surface area contributed by atoms with Crippen LogP contribution in [0.15, 0.2) is 47.2 Å². The first-order valence-electron chi connectivity index (χ1n) is 4.17. The van der Waals surface area contributed by atoms with Crippen molar-refractivity contribution in [3.63, 3.8) is 0 Å². The third-order valence-corrected chi connectivity index (χ3v) is 2.26. The van der Waals surface area contributed by atoms with Crippen LogP contribution >= 0.6 is 0 Å². The van der Waals surface area contributed by atoms with Crippen molar-refractivity contribution in [1.82, 2.24) is 5.16 Å². The summed E-state index contributed by atoms with van der Waals surface area (Å²) in [7, 11) is 0. The molecule has 0 spiro atoms. The summed E-state index contributed by atoms with van der Waals surface area (Å²) in [5.41, 5.74) is 0.943. The van der Waals surface area contributed by atoms with Gasteiger partial charge in [-0.3, -0.25) is 0 Å². The first kappa shape index (κ1) is 6.66. The molecule has 1 aromatic heterocycles. The lowest BCUT2D eigenvalue weighted by atomic mass is 10.1. The van der Waals surface area contributed by atoms with Gasteiger partial charge < -0.3 is 4.52 Å². The van der Waals surface area contributed by atoms with Crippen molar-refractivity contribution in [1.29, 1.82) is 0 Å². The fraction of sp³-hybridized carbons (Fsp3) is 0. The Hall–Kier alpha value is -1.83. The zero-order valence-corrected chi connectivity index (χ0v) is 6.90. The Morgan fingerprint density at radius 2 is 1.77 bits per heavy atom. The lowest BCUT2D eigenvalue weighted by molar-refractivity contribution is 0.428. The molecule has 0 radical (unpaired) electrons. The second kappa shape index (κ2) is 2.33. The maximum atomic E-state index is 4.92. The molecule has 2 nitrogen and oxygen atoms in total. The molecule has 0 bridgehead atoms. The van der Waals surface area contributed by atoms with E-state index in [0.717, 1.165) is 16.3 Å². The summed E-state index contributed by atoms with van der Waals surface area (Å²) in [6.07, 6.45) is 1.67. The minimum atomic E-state index is 0.943. The first-order chi connectivity index (χ1) is 6.45. The van der Waals surface area contributed by atoms with Crippen molar-refractivity contribution < 1.29 is 4.52 Å². The number of benzene rings is 2. The van der Waals surface area contributed by atoms with E-state index in [1.165, 1.54) is 5.39 Å². The molecule has 0 fully saturated rings. The summed E-state index contributed by atoms with van der Waals surface area (Å²) in [4.78, 5) is 0. The average molecular weight is 169 g/mol. The molecule has 62 valence electrons. The van der Waals surface area contributed by atoms with E-state index in [4.69, 9.17) is 4.52 Å². The standard InChI is InChI=1S/C11H7NO/c1-2-4-10-8(3-1)5-6-9-7-13-12-11(9)10/h1-7H. The number of rotatable bonds is 0. The Bertz CT molecular complexity index is 568. The van der Waals surface area contributed by atoms with Crippen molar-refractivity contribution in [2.75, 3.05) is 0 Å². The predicted octanol–water partition coefficient (Wildman–Crippen LogP) is 2.98. The molecule has 0 aliphatic heterocycles. The summed E-state index contributed by atoms with van der Waals surface area (Å²) in [5.74, 6) is 0. The van der Waals surface area contributed by atoms with Crippen LogP contribution in [0.3, 0.4) is 0 Å². The Labute approximate surface area is 74.8 Å². The van der Waals surface area contributed by atoms with Crippen molar-refractivity contribution >= 4 is 21.7 Å². The molecule has 0 atom stereocenters. The van der Waals surface area contributed by atoms with E-state index in [2.05, 4.69) is 23.4 Å². The largest absolute Gasteiger partial charge is 0.363 e. The van der Waals surface area contributed by atoms with E-state index >= 15 is 0 Å². The third-order valence-electron chi connectivity index (χ3n) is 2.26. The predicted molar refractivity (Wildman–Crippen MR) is 51.5 cm³/mol. The maximum absolute atomic E-state index is 4.92. The van der Waals surface area contributed by atoms with Crippen molar-refractivity contribution in [3.8, 4) is 0 Å². The monoisotopic (exact) mass is 169 g/mol. The number of aromatic nitrogens is 1. The van der Waals surface area contributed by atoms with E-state index in [1.807, 2.05) is 18.2 Å². The van der Waals surface area contributed by atoms with Crippen molar-refractivity contribution in [2.24, 2.45) is 0 Å². The highest BCUT2D eigenvalue weighted by molar-refractivity contribution is 6.04. The molecule has 3 aromatic rings. The van der Waals surface area contributed by atoms with Crippen LogP contribution in [0, 0.1) is 0 Å². The highest BCUT2D eigenvalue weighted by Crippen LogP contribution is 2.23. The van der Waals surface area contributed by atoms with Gasteiger partial charge >= 0.3 is 0 Å². The van der Waals surface area contributed by atoms with Crippen LogP contribution < -0.4 is 0 Å². The second-order valence-electron chi connectivity index (χ2n) is 3.04. The molecule has 3 rings (SSSR count). The zero-order valence-electron chi connectivity index (χ0n) is 6.90. The molecule has 0 aliphatic rings. The van der Waals surface area contributed by atoms with Gasteiger partial charge in [0, 0.05) is 10.8 Å². The van der Waals surface area contributed by atoms with E-state index in [1.54, 1.807) is 6.26 Å². The minimum Gasteiger partial charge on any atom is -0.363 e. The number of nitrogens with zero attached hydrogens (tertiary/aromatic N) is 1. The smallest absolute Gasteiger partial charge is 0.131 e. The van der Waals surface area contributed by atoms with Gasteiger partial charge in [-0.05, 0) is 11.5 Å². The van der Waals surface area contributed by atoms with Crippen LogP contribution in [0.1, 0.15) is 0 Å². The molecule has 0 amide bonds. The topological polar surface area (TPSA) is 26.0 Å². The Morgan fingerprint density at radius 3 is 2.77 bits per heavy atom. The summed E-state index contributed by atoms with van der Waals surface area (Å²) < 4.78 is 4.92. The average Bonchev–Trinajstić information content (AvgIpc) is 2.65. The van der Waals surface area contributed by atoms with Crippen LogP contribution in [0.25, 0.3) is 21.7 Å². The highest BCUT2D eigenvalue weighted by Gasteiger charge is 2.01. The fourth-order valence-electron chi connectivity index (χ4n) is 1.60. The summed E-state index contributed by atoms with van der Waals surface area (Å²) in [6.45, 7) is 0. The second-order valence-corrected chi connectivity index (χ2v) is 3.04. The number of fused-ring (bicyclic) bond motifs is 3. The van der Waals surface area contributed by atoms with Crippen LogP contribution in [-0.2, 0) is 0 Å². The first-order valence-corrected chi connectivity index (χ1v) is 4.17. The molecule has 0 saturated carbocycles. The van der Waals surface area contributed by atoms with E-state index in [-0.39, 0.29) is 0 Å². The molecule has 0 unspecified atom stereocenters. The molecule has 2 heteroatoms. The van der Waals surface area contributed by atoms with Gasteiger partial charge in [0.1, 0.15) is 11.8 Å². The van der Waals surface area contributed by atoms with Gasteiger partial charge in [0.15, 0.2) is 0 Å². The SMILES string of the molecule is c1ccc2c(c1)ccc1conc12. The molecule has 1 heterocycles. The third kappa shape index (κ3) is 0.855. The van der Waals surface area contributed by atoms with Gasteiger partial charge in [-0.25, -0.2) is 0 Å². The van der Waals surface area contributed by atoms with Crippen LogP contribution in [0.5, 0.6) is 0 Å². The molecule has 0 aliphatic carbocycles. The Kier molecular flexibility index (Phi) is 1.19. The van der Waals surface area contributed by atoms with Gasteiger partial charge in [-0.15, -0.1) is 0 Å². The fourth-order valence-corrected chi connectivity index (χ4v) is 1.60. The molecule has 0 saturated heterocycles. The molecular formula is C11H7NO. The summed E-state index contributed by atoms with van der Waals surface area (Å²) in [6, 6.07) is 12.3. The summed E-state index contributed by atoms with van der Waals surface area (Å²) >= 11 is 0. The van der Waals surface area contributed by atoms with Crippen LogP contribution in [-0.4, -0.2) is 5.16 Å². The minimum absolute atomic E-state index is 0.943. The van der Waals surface area contributed by atoms with E-state index in [0.29, 0.717) is 0 Å². The van der Waals surface area contributed by atoms with Gasteiger partial charge in [0.25, 0.3) is 0 Å².